The van der Waals surface area contributed by atoms with Gasteiger partial charge in [0.05, 0.1) is 12.6 Å². The van der Waals surface area contributed by atoms with Crippen molar-refractivity contribution in [2.45, 2.75) is 38.5 Å². The molecule has 1 aliphatic heterocycles. The molecule has 3 aromatic rings. The fourth-order valence-electron chi connectivity index (χ4n) is 4.45. The van der Waals surface area contributed by atoms with E-state index >= 15 is 0 Å². The highest BCUT2D eigenvalue weighted by Gasteiger charge is 2.38. The van der Waals surface area contributed by atoms with E-state index in [2.05, 4.69) is 0 Å². The summed E-state index contributed by atoms with van der Waals surface area (Å²) in [7, 11) is 0. The maximum absolute atomic E-state index is 12.0. The van der Waals surface area contributed by atoms with Crippen molar-refractivity contribution >= 4 is 29.2 Å². The Balaban J connectivity index is 1.73. The van der Waals surface area contributed by atoms with Crippen LogP contribution in [-0.4, -0.2) is 35.2 Å². The minimum absolute atomic E-state index is 0.365. The minimum Gasteiger partial charge on any atom is -0.490 e. The smallest absolute Gasteiger partial charge is 0.320 e. The summed E-state index contributed by atoms with van der Waals surface area (Å²) in [5.74, 6) is 0.407. The highest BCUT2D eigenvalue weighted by atomic mass is 35.5. The Hall–Kier alpha value is -2.73. The van der Waals surface area contributed by atoms with Crippen LogP contribution in [-0.2, 0) is 11.4 Å². The third-order valence-electron chi connectivity index (χ3n) is 5.99. The standard InChI is InChI=1S/C27H27Cl2NO4/c1-2-33-25-15-19(10-13-24(25)34-17-18-7-4-3-5-8-18)26(21-12-11-20(28)16-22(21)29)30-14-6-9-23(30)27(31)32/h3-5,7-8,10-13,15-16,23,26H,2,6,9,14,17H2,1H3,(H,31,32). The Labute approximate surface area is 209 Å². The quantitative estimate of drug-likeness (QED) is 0.358. The molecule has 1 saturated heterocycles. The van der Waals surface area contributed by atoms with E-state index in [9.17, 15) is 9.90 Å². The molecule has 1 aliphatic rings. The van der Waals surface area contributed by atoms with E-state index in [4.69, 9.17) is 32.7 Å². The molecule has 5 nitrogen and oxygen atoms in total. The van der Waals surface area contributed by atoms with Gasteiger partial charge in [0.1, 0.15) is 12.6 Å². The zero-order valence-corrected chi connectivity index (χ0v) is 20.4. The first-order valence-electron chi connectivity index (χ1n) is 11.3. The normalized spacial score (nSPS) is 16.9. The number of carboxylic acid groups (broad SMARTS) is 1. The predicted molar refractivity (Wildman–Crippen MR) is 134 cm³/mol. The van der Waals surface area contributed by atoms with Crippen LogP contribution >= 0.6 is 23.2 Å². The van der Waals surface area contributed by atoms with E-state index in [0.717, 1.165) is 23.1 Å². The average molecular weight is 500 g/mol. The Morgan fingerprint density at radius 1 is 1.06 bits per heavy atom. The number of benzene rings is 3. The molecule has 0 aliphatic carbocycles. The second-order valence-corrected chi connectivity index (χ2v) is 9.06. The first-order chi connectivity index (χ1) is 16.5. The van der Waals surface area contributed by atoms with Gasteiger partial charge in [0.2, 0.25) is 0 Å². The molecule has 0 aromatic heterocycles. The van der Waals surface area contributed by atoms with Gasteiger partial charge < -0.3 is 14.6 Å². The average Bonchev–Trinajstić information content (AvgIpc) is 3.31. The Kier molecular flexibility index (Phi) is 7.99. The number of rotatable bonds is 9. The van der Waals surface area contributed by atoms with Crippen LogP contribution in [0.15, 0.2) is 66.7 Å². The van der Waals surface area contributed by atoms with Crippen molar-refractivity contribution in [3.8, 4) is 11.5 Å². The summed E-state index contributed by atoms with van der Waals surface area (Å²) in [5.41, 5.74) is 2.74. The summed E-state index contributed by atoms with van der Waals surface area (Å²) < 4.78 is 12.0. The molecule has 0 radical (unpaired) electrons. The number of carboxylic acids is 1. The molecule has 34 heavy (non-hydrogen) atoms. The van der Waals surface area contributed by atoms with Gasteiger partial charge in [0, 0.05) is 16.6 Å². The van der Waals surface area contributed by atoms with Crippen molar-refractivity contribution in [1.82, 2.24) is 4.90 Å². The monoisotopic (exact) mass is 499 g/mol. The molecule has 0 spiro atoms. The highest BCUT2D eigenvalue weighted by Crippen LogP contribution is 2.41. The van der Waals surface area contributed by atoms with Crippen LogP contribution in [0.1, 0.15) is 42.5 Å². The third kappa shape index (κ3) is 5.49. The molecule has 178 valence electrons. The van der Waals surface area contributed by atoms with Crippen LogP contribution in [0.3, 0.4) is 0 Å². The molecule has 1 heterocycles. The lowest BCUT2D eigenvalue weighted by molar-refractivity contribution is -0.142. The van der Waals surface area contributed by atoms with Gasteiger partial charge in [0.25, 0.3) is 0 Å². The van der Waals surface area contributed by atoms with E-state index in [0.29, 0.717) is 47.7 Å². The van der Waals surface area contributed by atoms with Gasteiger partial charge >= 0.3 is 5.97 Å². The van der Waals surface area contributed by atoms with Crippen molar-refractivity contribution in [3.63, 3.8) is 0 Å². The zero-order chi connectivity index (χ0) is 24.1. The van der Waals surface area contributed by atoms with E-state index in [-0.39, 0.29) is 6.04 Å². The summed E-state index contributed by atoms with van der Waals surface area (Å²) in [6.45, 7) is 3.46. The van der Waals surface area contributed by atoms with Crippen LogP contribution in [0.25, 0.3) is 0 Å². The van der Waals surface area contributed by atoms with Gasteiger partial charge in [-0.3, -0.25) is 9.69 Å². The van der Waals surface area contributed by atoms with Crippen molar-refractivity contribution in [3.05, 3.63) is 93.5 Å². The van der Waals surface area contributed by atoms with Gasteiger partial charge in [-0.1, -0.05) is 65.7 Å². The van der Waals surface area contributed by atoms with Crippen LogP contribution in [0.5, 0.6) is 11.5 Å². The number of ether oxygens (including phenoxy) is 2. The van der Waals surface area contributed by atoms with Crippen molar-refractivity contribution in [2.75, 3.05) is 13.2 Å². The lowest BCUT2D eigenvalue weighted by Gasteiger charge is -2.33. The first kappa shape index (κ1) is 24.4. The van der Waals surface area contributed by atoms with Crippen LogP contribution < -0.4 is 9.47 Å². The molecule has 2 unspecified atom stereocenters. The van der Waals surface area contributed by atoms with E-state index in [1.807, 2.05) is 66.4 Å². The van der Waals surface area contributed by atoms with Gasteiger partial charge in [0.15, 0.2) is 11.5 Å². The van der Waals surface area contributed by atoms with Gasteiger partial charge in [-0.05, 0) is 60.7 Å². The second-order valence-electron chi connectivity index (χ2n) is 8.22. The SMILES string of the molecule is CCOc1cc(C(c2ccc(Cl)cc2Cl)N2CCCC2C(=O)O)ccc1OCc1ccccc1. The lowest BCUT2D eigenvalue weighted by atomic mass is 9.95. The molecule has 1 N–H and O–H groups in total. The van der Waals surface area contributed by atoms with Gasteiger partial charge in [-0.25, -0.2) is 0 Å². The molecule has 0 amide bonds. The van der Waals surface area contributed by atoms with Crippen LogP contribution in [0.4, 0.5) is 0 Å². The van der Waals surface area contributed by atoms with E-state index in [1.165, 1.54) is 0 Å². The minimum atomic E-state index is -0.833. The second kappa shape index (κ2) is 11.1. The van der Waals surface area contributed by atoms with Crippen molar-refractivity contribution in [1.29, 1.82) is 0 Å². The topological polar surface area (TPSA) is 59.0 Å². The van der Waals surface area contributed by atoms with Gasteiger partial charge in [-0.2, -0.15) is 0 Å². The van der Waals surface area contributed by atoms with Crippen molar-refractivity contribution < 1.29 is 19.4 Å². The number of nitrogens with zero attached hydrogens (tertiary/aromatic N) is 1. The molecule has 7 heteroatoms. The van der Waals surface area contributed by atoms with E-state index in [1.54, 1.807) is 12.1 Å². The summed E-state index contributed by atoms with van der Waals surface area (Å²) in [6, 6.07) is 20.1. The summed E-state index contributed by atoms with van der Waals surface area (Å²) in [5, 5.41) is 10.9. The fourth-order valence-corrected chi connectivity index (χ4v) is 4.97. The molecule has 1 fully saturated rings. The largest absolute Gasteiger partial charge is 0.490 e. The van der Waals surface area contributed by atoms with Crippen LogP contribution in [0, 0.1) is 0 Å². The number of likely N-dealkylation sites (tertiary alicyclic amines) is 1. The van der Waals surface area contributed by atoms with Crippen molar-refractivity contribution in [2.24, 2.45) is 0 Å². The zero-order valence-electron chi connectivity index (χ0n) is 18.9. The maximum atomic E-state index is 12.0. The fraction of sp³-hybridized carbons (Fsp3) is 0.296. The highest BCUT2D eigenvalue weighted by molar-refractivity contribution is 6.35. The number of aliphatic carboxylic acids is 1. The molecule has 3 aromatic carbocycles. The Morgan fingerprint density at radius 3 is 2.56 bits per heavy atom. The summed E-state index contributed by atoms with van der Waals surface area (Å²) >= 11 is 12.8. The Morgan fingerprint density at radius 2 is 1.85 bits per heavy atom. The van der Waals surface area contributed by atoms with Gasteiger partial charge in [-0.15, -0.1) is 0 Å². The molecule has 0 saturated carbocycles. The molecular formula is C27H27Cl2NO4. The summed E-state index contributed by atoms with van der Waals surface area (Å²) in [4.78, 5) is 14.0. The summed E-state index contributed by atoms with van der Waals surface area (Å²) in [6.07, 6.45) is 1.39. The molecule has 2 atom stereocenters. The number of hydrogen-bond acceptors (Lipinski definition) is 4. The number of carbonyl (C=O) groups is 1. The predicted octanol–water partition coefficient (Wildman–Crippen LogP) is 6.61. The Bertz CT molecular complexity index is 1140. The molecule has 0 bridgehead atoms. The lowest BCUT2D eigenvalue weighted by Crippen LogP contribution is -2.39. The first-order valence-corrected chi connectivity index (χ1v) is 12.1. The molecular weight excluding hydrogens is 473 g/mol. The number of halogens is 2. The van der Waals surface area contributed by atoms with Crippen LogP contribution in [0.2, 0.25) is 10.0 Å². The molecule has 4 rings (SSSR count). The number of hydrogen-bond donors (Lipinski definition) is 1. The van der Waals surface area contributed by atoms with E-state index < -0.39 is 12.0 Å². The third-order valence-corrected chi connectivity index (χ3v) is 6.55. The maximum Gasteiger partial charge on any atom is 0.320 e.